The number of terminal acetylenes is 1. The number of fused-ring (bicyclic) bond motifs is 1. The van der Waals surface area contributed by atoms with E-state index in [0.29, 0.717) is 0 Å². The Bertz CT molecular complexity index is 447. The second-order valence-electron chi connectivity index (χ2n) is 2.71. The molecule has 12 heavy (non-hydrogen) atoms. The van der Waals surface area contributed by atoms with Crippen LogP contribution in [-0.4, -0.2) is 0 Å². The van der Waals surface area contributed by atoms with E-state index < -0.39 is 0 Å². The number of benzene rings is 2. The molecule has 0 aromatic heterocycles. The Morgan fingerprint density at radius 1 is 0.917 bits per heavy atom. The Morgan fingerprint density at radius 3 is 2.42 bits per heavy atom. The van der Waals surface area contributed by atoms with Crippen molar-refractivity contribution < 1.29 is 0 Å². The topological polar surface area (TPSA) is 0 Å². The van der Waals surface area contributed by atoms with Crippen LogP contribution in [-0.2, 0) is 0 Å². The molecule has 0 fully saturated rings. The zero-order valence-electron chi connectivity index (χ0n) is 6.62. The predicted molar refractivity (Wildman–Crippen MR) is 51.9 cm³/mol. The van der Waals surface area contributed by atoms with E-state index in [0.717, 1.165) is 5.56 Å². The van der Waals surface area contributed by atoms with Crippen molar-refractivity contribution in [2.24, 2.45) is 0 Å². The summed E-state index contributed by atoms with van der Waals surface area (Å²) in [5.74, 6) is 2.62. The highest BCUT2D eigenvalue weighted by atomic mass is 13.9. The zero-order chi connectivity index (χ0) is 8.39. The molecule has 0 atom stereocenters. The summed E-state index contributed by atoms with van der Waals surface area (Å²) >= 11 is 0. The molecule has 0 aliphatic carbocycles. The standard InChI is InChI=1S/C12H8/c1-2-10-7-8-11-5-3-4-6-12(11)9-10/h1,3-9H. The van der Waals surface area contributed by atoms with Crippen LogP contribution >= 0.6 is 0 Å². The first-order chi connectivity index (χ1) is 5.90. The van der Waals surface area contributed by atoms with Crippen LogP contribution in [0, 0.1) is 12.3 Å². The highest BCUT2D eigenvalue weighted by Crippen LogP contribution is 2.14. The minimum atomic E-state index is 0.939. The maximum absolute atomic E-state index is 5.29. The molecular formula is C12H8. The molecule has 56 valence electrons. The van der Waals surface area contributed by atoms with Gasteiger partial charge in [-0.1, -0.05) is 36.3 Å². The molecule has 2 aromatic rings. The van der Waals surface area contributed by atoms with Crippen LogP contribution in [0.1, 0.15) is 5.56 Å². The first-order valence-corrected chi connectivity index (χ1v) is 3.85. The highest BCUT2D eigenvalue weighted by Gasteiger charge is 1.91. The van der Waals surface area contributed by atoms with E-state index in [-0.39, 0.29) is 0 Å². The first kappa shape index (κ1) is 6.94. The molecule has 0 radical (unpaired) electrons. The van der Waals surface area contributed by atoms with Gasteiger partial charge in [0.05, 0.1) is 0 Å². The van der Waals surface area contributed by atoms with E-state index in [1.165, 1.54) is 10.8 Å². The Labute approximate surface area is 71.8 Å². The zero-order valence-corrected chi connectivity index (χ0v) is 6.62. The molecule has 2 rings (SSSR count). The summed E-state index contributed by atoms with van der Waals surface area (Å²) in [6, 6.07) is 14.2. The van der Waals surface area contributed by atoms with Gasteiger partial charge < -0.3 is 0 Å². The fraction of sp³-hybridized carbons (Fsp3) is 0. The SMILES string of the molecule is C#Cc1ccc2ccccc2c1. The Hall–Kier alpha value is -1.74. The van der Waals surface area contributed by atoms with Crippen molar-refractivity contribution in [3.05, 3.63) is 48.0 Å². The minimum Gasteiger partial charge on any atom is -0.115 e. The van der Waals surface area contributed by atoms with Gasteiger partial charge in [0.15, 0.2) is 0 Å². The molecule has 0 unspecified atom stereocenters. The molecule has 0 bridgehead atoms. The molecular weight excluding hydrogens is 144 g/mol. The van der Waals surface area contributed by atoms with E-state index in [4.69, 9.17) is 6.42 Å². The summed E-state index contributed by atoms with van der Waals surface area (Å²) in [7, 11) is 0. The van der Waals surface area contributed by atoms with Gasteiger partial charge in [0.25, 0.3) is 0 Å². The average Bonchev–Trinajstić information content (AvgIpc) is 2.17. The van der Waals surface area contributed by atoms with Gasteiger partial charge in [0.1, 0.15) is 0 Å². The van der Waals surface area contributed by atoms with Gasteiger partial charge >= 0.3 is 0 Å². The summed E-state index contributed by atoms with van der Waals surface area (Å²) in [6.07, 6.45) is 5.29. The Kier molecular flexibility index (Phi) is 1.57. The van der Waals surface area contributed by atoms with Crippen molar-refractivity contribution in [3.63, 3.8) is 0 Å². The van der Waals surface area contributed by atoms with Crippen LogP contribution in [0.3, 0.4) is 0 Å². The summed E-state index contributed by atoms with van der Waals surface area (Å²) in [4.78, 5) is 0. The summed E-state index contributed by atoms with van der Waals surface area (Å²) in [5, 5.41) is 2.43. The second-order valence-corrected chi connectivity index (χ2v) is 2.71. The normalized spacial score (nSPS) is 9.58. The van der Waals surface area contributed by atoms with E-state index in [1.807, 2.05) is 30.3 Å². The quantitative estimate of drug-likeness (QED) is 0.509. The van der Waals surface area contributed by atoms with Gasteiger partial charge in [-0.2, -0.15) is 0 Å². The van der Waals surface area contributed by atoms with Crippen LogP contribution in [0.2, 0.25) is 0 Å². The van der Waals surface area contributed by atoms with Crippen LogP contribution in [0.15, 0.2) is 42.5 Å². The predicted octanol–water partition coefficient (Wildman–Crippen LogP) is 2.82. The molecule has 0 spiro atoms. The van der Waals surface area contributed by atoms with E-state index in [1.54, 1.807) is 0 Å². The molecule has 0 heteroatoms. The van der Waals surface area contributed by atoms with Gasteiger partial charge in [-0.3, -0.25) is 0 Å². The monoisotopic (exact) mass is 152 g/mol. The maximum Gasteiger partial charge on any atom is 0.0248 e. The van der Waals surface area contributed by atoms with Crippen molar-refractivity contribution in [1.82, 2.24) is 0 Å². The van der Waals surface area contributed by atoms with Gasteiger partial charge in [-0.05, 0) is 22.9 Å². The fourth-order valence-electron chi connectivity index (χ4n) is 1.28. The number of hydrogen-bond acceptors (Lipinski definition) is 0. The van der Waals surface area contributed by atoms with Gasteiger partial charge in [0.2, 0.25) is 0 Å². The lowest BCUT2D eigenvalue weighted by Gasteiger charge is -1.96. The third kappa shape index (κ3) is 1.06. The van der Waals surface area contributed by atoms with Gasteiger partial charge in [-0.15, -0.1) is 6.42 Å². The van der Waals surface area contributed by atoms with Crippen LogP contribution < -0.4 is 0 Å². The molecule has 0 aliphatic rings. The number of rotatable bonds is 0. The fourth-order valence-corrected chi connectivity index (χ4v) is 1.28. The first-order valence-electron chi connectivity index (χ1n) is 3.85. The molecule has 0 N–H and O–H groups in total. The van der Waals surface area contributed by atoms with Gasteiger partial charge in [0, 0.05) is 5.56 Å². The van der Waals surface area contributed by atoms with Crippen LogP contribution in [0.5, 0.6) is 0 Å². The molecule has 0 heterocycles. The van der Waals surface area contributed by atoms with E-state index in [9.17, 15) is 0 Å². The van der Waals surface area contributed by atoms with Crippen molar-refractivity contribution >= 4 is 10.8 Å². The highest BCUT2D eigenvalue weighted by molar-refractivity contribution is 5.83. The molecule has 0 saturated heterocycles. The van der Waals surface area contributed by atoms with E-state index >= 15 is 0 Å². The summed E-state index contributed by atoms with van der Waals surface area (Å²) in [5.41, 5.74) is 0.939. The molecule has 2 aromatic carbocycles. The summed E-state index contributed by atoms with van der Waals surface area (Å²) in [6.45, 7) is 0. The largest absolute Gasteiger partial charge is 0.115 e. The maximum atomic E-state index is 5.29. The van der Waals surface area contributed by atoms with Crippen molar-refractivity contribution in [1.29, 1.82) is 0 Å². The lowest BCUT2D eigenvalue weighted by molar-refractivity contribution is 1.70. The minimum absolute atomic E-state index is 0.939. The summed E-state index contributed by atoms with van der Waals surface area (Å²) < 4.78 is 0. The van der Waals surface area contributed by atoms with Crippen LogP contribution in [0.4, 0.5) is 0 Å². The third-order valence-electron chi connectivity index (χ3n) is 1.92. The van der Waals surface area contributed by atoms with Crippen molar-refractivity contribution in [2.45, 2.75) is 0 Å². The molecule has 0 saturated carbocycles. The lowest BCUT2D eigenvalue weighted by Crippen LogP contribution is -1.74. The molecule has 0 aliphatic heterocycles. The number of hydrogen-bond donors (Lipinski definition) is 0. The smallest absolute Gasteiger partial charge is 0.0248 e. The third-order valence-corrected chi connectivity index (χ3v) is 1.92. The second kappa shape index (κ2) is 2.71. The Balaban J connectivity index is 2.78. The lowest BCUT2D eigenvalue weighted by atomic mass is 10.1. The Morgan fingerprint density at radius 2 is 1.67 bits per heavy atom. The average molecular weight is 152 g/mol. The molecule has 0 nitrogen and oxygen atoms in total. The van der Waals surface area contributed by atoms with Crippen LogP contribution in [0.25, 0.3) is 10.8 Å². The van der Waals surface area contributed by atoms with Gasteiger partial charge in [-0.25, -0.2) is 0 Å². The molecule has 0 amide bonds. The van der Waals surface area contributed by atoms with Crippen molar-refractivity contribution in [3.8, 4) is 12.3 Å². The van der Waals surface area contributed by atoms with Crippen molar-refractivity contribution in [2.75, 3.05) is 0 Å². The van der Waals surface area contributed by atoms with E-state index in [2.05, 4.69) is 18.1 Å².